The number of rotatable bonds is 5. The molecule has 0 bridgehead atoms. The molecule has 0 aliphatic carbocycles. The standard InChI is InChI=1S/C20H22BrNO3/c1-3-13(2)19(14-7-5-4-6-8-14)20(23)22-16-12-18-17(11-15(16)21)24-9-10-25-18/h4-8,11-13,19H,3,9-10H2,1-2H3,(H,22,23)/t13-,19-/m1/s1. The highest BCUT2D eigenvalue weighted by Gasteiger charge is 2.27. The van der Waals surface area contributed by atoms with Crippen molar-refractivity contribution in [1.29, 1.82) is 0 Å². The van der Waals surface area contributed by atoms with E-state index < -0.39 is 0 Å². The van der Waals surface area contributed by atoms with Crippen LogP contribution in [0.3, 0.4) is 0 Å². The van der Waals surface area contributed by atoms with Crippen molar-refractivity contribution in [3.05, 3.63) is 52.5 Å². The number of nitrogens with one attached hydrogen (secondary N) is 1. The van der Waals surface area contributed by atoms with Crippen molar-refractivity contribution < 1.29 is 14.3 Å². The van der Waals surface area contributed by atoms with Crippen molar-refractivity contribution in [2.75, 3.05) is 18.5 Å². The number of hydrogen-bond acceptors (Lipinski definition) is 3. The van der Waals surface area contributed by atoms with Crippen LogP contribution in [0.5, 0.6) is 11.5 Å². The predicted molar refractivity (Wildman–Crippen MR) is 102 cm³/mol. The summed E-state index contributed by atoms with van der Waals surface area (Å²) in [6.07, 6.45) is 0.926. The van der Waals surface area contributed by atoms with Crippen LogP contribution >= 0.6 is 15.9 Å². The van der Waals surface area contributed by atoms with E-state index in [2.05, 4.69) is 35.1 Å². The van der Waals surface area contributed by atoms with Gasteiger partial charge in [0.1, 0.15) is 13.2 Å². The summed E-state index contributed by atoms with van der Waals surface area (Å²) in [6.45, 7) is 5.26. The van der Waals surface area contributed by atoms with Crippen LogP contribution in [0.4, 0.5) is 5.69 Å². The molecule has 25 heavy (non-hydrogen) atoms. The molecule has 1 aliphatic rings. The molecule has 2 atom stereocenters. The topological polar surface area (TPSA) is 47.6 Å². The van der Waals surface area contributed by atoms with Gasteiger partial charge in [-0.1, -0.05) is 50.6 Å². The Morgan fingerprint density at radius 1 is 1.16 bits per heavy atom. The minimum Gasteiger partial charge on any atom is -0.486 e. The van der Waals surface area contributed by atoms with E-state index in [0.717, 1.165) is 16.5 Å². The lowest BCUT2D eigenvalue weighted by molar-refractivity contribution is -0.118. The second-order valence-corrected chi connectivity index (χ2v) is 7.09. The molecule has 3 rings (SSSR count). The highest BCUT2D eigenvalue weighted by atomic mass is 79.9. The molecule has 0 fully saturated rings. The summed E-state index contributed by atoms with van der Waals surface area (Å²) < 4.78 is 12.0. The average molecular weight is 404 g/mol. The Morgan fingerprint density at radius 3 is 2.44 bits per heavy atom. The van der Waals surface area contributed by atoms with Crippen LogP contribution in [0.15, 0.2) is 46.9 Å². The SMILES string of the molecule is CC[C@@H](C)[C@@H](C(=O)Nc1cc2c(cc1Br)OCCO2)c1ccccc1. The molecule has 2 aromatic rings. The lowest BCUT2D eigenvalue weighted by Crippen LogP contribution is -2.26. The number of carbonyl (C=O) groups excluding carboxylic acids is 1. The Bertz CT molecular complexity index is 748. The largest absolute Gasteiger partial charge is 0.486 e. The Labute approximate surface area is 156 Å². The summed E-state index contributed by atoms with van der Waals surface area (Å²) in [5, 5.41) is 3.05. The maximum absolute atomic E-state index is 13.0. The normalized spacial score (nSPS) is 15.3. The fraction of sp³-hybridized carbons (Fsp3) is 0.350. The zero-order valence-electron chi connectivity index (χ0n) is 14.4. The molecule has 2 aromatic carbocycles. The van der Waals surface area contributed by atoms with E-state index >= 15 is 0 Å². The summed E-state index contributed by atoms with van der Waals surface area (Å²) in [7, 11) is 0. The summed E-state index contributed by atoms with van der Waals surface area (Å²) in [5.41, 5.74) is 1.72. The maximum atomic E-state index is 13.0. The number of benzene rings is 2. The molecule has 0 unspecified atom stereocenters. The van der Waals surface area contributed by atoms with Crippen LogP contribution in [0.2, 0.25) is 0 Å². The molecule has 0 radical (unpaired) electrons. The van der Waals surface area contributed by atoms with Crippen LogP contribution < -0.4 is 14.8 Å². The summed E-state index contributed by atoms with van der Waals surface area (Å²) in [4.78, 5) is 13.0. The smallest absolute Gasteiger partial charge is 0.232 e. The van der Waals surface area contributed by atoms with Gasteiger partial charge in [0.2, 0.25) is 5.91 Å². The molecule has 0 spiro atoms. The summed E-state index contributed by atoms with van der Waals surface area (Å²) in [5.74, 6) is 1.37. The highest BCUT2D eigenvalue weighted by Crippen LogP contribution is 2.39. The van der Waals surface area contributed by atoms with E-state index in [1.165, 1.54) is 0 Å². The van der Waals surface area contributed by atoms with Crippen molar-refractivity contribution >= 4 is 27.5 Å². The zero-order valence-corrected chi connectivity index (χ0v) is 16.0. The van der Waals surface area contributed by atoms with Gasteiger partial charge in [0.15, 0.2) is 11.5 Å². The third-order valence-corrected chi connectivity index (χ3v) is 5.20. The minimum absolute atomic E-state index is 0.0158. The first-order chi connectivity index (χ1) is 12.1. The van der Waals surface area contributed by atoms with Crippen molar-refractivity contribution in [1.82, 2.24) is 0 Å². The zero-order chi connectivity index (χ0) is 17.8. The fourth-order valence-corrected chi connectivity index (χ4v) is 3.43. The number of amides is 1. The van der Waals surface area contributed by atoms with Crippen molar-refractivity contribution in [3.8, 4) is 11.5 Å². The van der Waals surface area contributed by atoms with E-state index in [-0.39, 0.29) is 17.7 Å². The molecular formula is C20H22BrNO3. The average Bonchev–Trinajstić information content (AvgIpc) is 2.63. The maximum Gasteiger partial charge on any atom is 0.232 e. The number of carbonyl (C=O) groups is 1. The van der Waals surface area contributed by atoms with Gasteiger partial charge >= 0.3 is 0 Å². The molecule has 4 nitrogen and oxygen atoms in total. The number of hydrogen-bond donors (Lipinski definition) is 1. The number of anilines is 1. The summed E-state index contributed by atoms with van der Waals surface area (Å²) >= 11 is 3.51. The number of ether oxygens (including phenoxy) is 2. The Balaban J connectivity index is 1.86. The molecule has 1 aliphatic heterocycles. The number of halogens is 1. The first-order valence-corrected chi connectivity index (χ1v) is 9.34. The third-order valence-electron chi connectivity index (χ3n) is 4.54. The van der Waals surface area contributed by atoms with Gasteiger partial charge in [-0.15, -0.1) is 0 Å². The van der Waals surface area contributed by atoms with Crippen LogP contribution in [-0.2, 0) is 4.79 Å². The minimum atomic E-state index is -0.202. The van der Waals surface area contributed by atoms with Crippen LogP contribution in [0.1, 0.15) is 31.7 Å². The van der Waals surface area contributed by atoms with Crippen molar-refractivity contribution in [3.63, 3.8) is 0 Å². The molecule has 1 N–H and O–H groups in total. The first kappa shape index (κ1) is 17.8. The lowest BCUT2D eigenvalue weighted by atomic mass is 9.85. The van der Waals surface area contributed by atoms with Gasteiger partial charge in [-0.05, 0) is 27.4 Å². The second-order valence-electron chi connectivity index (χ2n) is 6.24. The lowest BCUT2D eigenvalue weighted by Gasteiger charge is -2.24. The van der Waals surface area contributed by atoms with E-state index in [1.807, 2.05) is 42.5 Å². The molecule has 1 amide bonds. The number of fused-ring (bicyclic) bond motifs is 1. The highest BCUT2D eigenvalue weighted by molar-refractivity contribution is 9.10. The van der Waals surface area contributed by atoms with Gasteiger partial charge in [-0.3, -0.25) is 4.79 Å². The Hall–Kier alpha value is -2.01. The van der Waals surface area contributed by atoms with Crippen LogP contribution in [0.25, 0.3) is 0 Å². The quantitative estimate of drug-likeness (QED) is 0.764. The fourth-order valence-electron chi connectivity index (χ4n) is 3.00. The molecule has 0 saturated carbocycles. The molecule has 1 heterocycles. The van der Waals surface area contributed by atoms with E-state index in [4.69, 9.17) is 9.47 Å². The van der Waals surface area contributed by atoms with Gasteiger partial charge in [0.25, 0.3) is 0 Å². The van der Waals surface area contributed by atoms with Crippen molar-refractivity contribution in [2.45, 2.75) is 26.2 Å². The summed E-state index contributed by atoms with van der Waals surface area (Å²) in [6, 6.07) is 13.6. The monoisotopic (exact) mass is 403 g/mol. The van der Waals surface area contributed by atoms with Gasteiger partial charge in [0, 0.05) is 16.6 Å². The molecule has 0 aromatic heterocycles. The first-order valence-electron chi connectivity index (χ1n) is 8.55. The second kappa shape index (κ2) is 7.91. The molecule has 132 valence electrons. The Morgan fingerprint density at radius 2 is 1.80 bits per heavy atom. The Kier molecular flexibility index (Phi) is 5.63. The van der Waals surface area contributed by atoms with Gasteiger partial charge in [-0.2, -0.15) is 0 Å². The van der Waals surface area contributed by atoms with Gasteiger partial charge < -0.3 is 14.8 Å². The van der Waals surface area contributed by atoms with E-state index in [0.29, 0.717) is 30.4 Å². The molecular weight excluding hydrogens is 382 g/mol. The van der Waals surface area contributed by atoms with Crippen LogP contribution in [0, 0.1) is 5.92 Å². The molecule has 0 saturated heterocycles. The van der Waals surface area contributed by atoms with E-state index in [1.54, 1.807) is 0 Å². The third kappa shape index (κ3) is 3.98. The van der Waals surface area contributed by atoms with Crippen molar-refractivity contribution in [2.24, 2.45) is 5.92 Å². The van der Waals surface area contributed by atoms with Gasteiger partial charge in [0.05, 0.1) is 11.6 Å². The predicted octanol–water partition coefficient (Wildman–Crippen LogP) is 4.99. The van der Waals surface area contributed by atoms with Crippen LogP contribution in [-0.4, -0.2) is 19.1 Å². The van der Waals surface area contributed by atoms with E-state index in [9.17, 15) is 4.79 Å². The molecule has 5 heteroatoms. The van der Waals surface area contributed by atoms with Gasteiger partial charge in [-0.25, -0.2) is 0 Å².